The lowest BCUT2D eigenvalue weighted by atomic mass is 9.91. The number of amides is 1. The summed E-state index contributed by atoms with van der Waals surface area (Å²) < 4.78 is 28.6. The van der Waals surface area contributed by atoms with Gasteiger partial charge in [0.25, 0.3) is 5.91 Å². The van der Waals surface area contributed by atoms with Crippen LogP contribution in [-0.2, 0) is 10.3 Å². The summed E-state index contributed by atoms with van der Waals surface area (Å²) in [5.74, 6) is -1.14. The number of aromatic nitrogens is 3. The smallest absolute Gasteiger partial charge is 0.260 e. The van der Waals surface area contributed by atoms with E-state index in [-0.39, 0.29) is 39.6 Å². The first kappa shape index (κ1) is 26.1. The third kappa shape index (κ3) is 4.49. The molecule has 0 spiro atoms. The zero-order valence-electron chi connectivity index (χ0n) is 21.0. The molecule has 1 aliphatic heterocycles. The number of ether oxygens (including phenoxy) is 2. The molecule has 1 amide bonds. The lowest BCUT2D eigenvalue weighted by Crippen LogP contribution is -2.43. The highest BCUT2D eigenvalue weighted by Crippen LogP contribution is 2.42. The van der Waals surface area contributed by atoms with E-state index in [4.69, 9.17) is 26.8 Å². The summed E-state index contributed by atoms with van der Waals surface area (Å²) in [6, 6.07) is 1.28. The Morgan fingerprint density at radius 3 is 2.81 bits per heavy atom. The molecule has 1 saturated heterocycles. The molecule has 194 valence electrons. The molecule has 0 bridgehead atoms. The third-order valence-corrected chi connectivity index (χ3v) is 6.73. The number of aryl methyl sites for hydroxylation is 1. The number of benzene rings is 1. The van der Waals surface area contributed by atoms with Crippen LogP contribution in [0.3, 0.4) is 0 Å². The highest BCUT2D eigenvalue weighted by atomic mass is 35.5. The highest BCUT2D eigenvalue weighted by Gasteiger charge is 2.40. The summed E-state index contributed by atoms with van der Waals surface area (Å²) in [5.41, 5.74) is 5.05. The predicted octanol–water partition coefficient (Wildman–Crippen LogP) is 3.71. The molecule has 0 aliphatic carbocycles. The topological polar surface area (TPSA) is 115 Å². The molecule has 0 saturated carbocycles. The van der Waals surface area contributed by atoms with Gasteiger partial charge >= 0.3 is 0 Å². The molecule has 3 N–H and O–H groups in total. The molecule has 1 fully saturated rings. The van der Waals surface area contributed by atoms with Gasteiger partial charge in [-0.3, -0.25) is 9.20 Å². The molecule has 4 rings (SSSR count). The van der Waals surface area contributed by atoms with Crippen molar-refractivity contribution >= 4 is 28.8 Å². The van der Waals surface area contributed by atoms with E-state index in [1.807, 2.05) is 0 Å². The Balaban J connectivity index is 1.93. The number of aliphatic hydroxyl groups is 1. The monoisotopic (exact) mass is 519 g/mol. The minimum Gasteiger partial charge on any atom is -0.490 e. The van der Waals surface area contributed by atoms with Crippen molar-refractivity contribution in [3.63, 3.8) is 0 Å². The van der Waals surface area contributed by atoms with E-state index >= 15 is 4.39 Å². The second-order valence-corrected chi connectivity index (χ2v) is 9.87. The van der Waals surface area contributed by atoms with Crippen LogP contribution in [0.1, 0.15) is 61.1 Å². The first-order chi connectivity index (χ1) is 17.0. The number of halogens is 2. The molecule has 3 aromatic rings. The van der Waals surface area contributed by atoms with Gasteiger partial charge in [-0.1, -0.05) is 11.6 Å². The highest BCUT2D eigenvalue weighted by molar-refractivity contribution is 6.31. The molecule has 3 heterocycles. The van der Waals surface area contributed by atoms with Crippen molar-refractivity contribution in [1.29, 1.82) is 0 Å². The summed E-state index contributed by atoms with van der Waals surface area (Å²) >= 11 is 6.31. The van der Waals surface area contributed by atoms with Crippen molar-refractivity contribution in [2.24, 2.45) is 0 Å². The summed E-state index contributed by atoms with van der Waals surface area (Å²) in [6.45, 7) is 7.49. The van der Waals surface area contributed by atoms with Crippen LogP contribution >= 0.6 is 11.6 Å². The van der Waals surface area contributed by atoms with Crippen LogP contribution in [0, 0.1) is 12.7 Å². The number of nitrogens with two attached hydrogens (primary N) is 1. The van der Waals surface area contributed by atoms with Gasteiger partial charge in [-0.2, -0.15) is 0 Å². The van der Waals surface area contributed by atoms with Crippen LogP contribution in [0.4, 0.5) is 10.2 Å². The first-order valence-corrected chi connectivity index (χ1v) is 12.2. The summed E-state index contributed by atoms with van der Waals surface area (Å²) in [6.07, 6.45) is 4.04. The normalized spacial score (nSPS) is 18.0. The number of hydrogen-bond donors (Lipinski definition) is 2. The molecule has 2 aromatic heterocycles. The molecular formula is C25H31ClFN5O4. The van der Waals surface area contributed by atoms with E-state index in [2.05, 4.69) is 9.97 Å². The maximum absolute atomic E-state index is 15.6. The lowest BCUT2D eigenvalue weighted by molar-refractivity contribution is 0.0262. The zero-order chi connectivity index (χ0) is 26.4. The fourth-order valence-corrected chi connectivity index (χ4v) is 4.90. The molecule has 0 unspecified atom stereocenters. The number of nitrogens with zero attached hydrogens (tertiary/aromatic N) is 4. The van der Waals surface area contributed by atoms with Crippen LogP contribution in [0.2, 0.25) is 5.02 Å². The van der Waals surface area contributed by atoms with Gasteiger partial charge in [-0.15, -0.1) is 0 Å². The van der Waals surface area contributed by atoms with Crippen LogP contribution in [0.5, 0.6) is 5.75 Å². The summed E-state index contributed by atoms with van der Waals surface area (Å²) in [4.78, 5) is 23.9. The fraction of sp³-hybridized carbons (Fsp3) is 0.480. The maximum Gasteiger partial charge on any atom is 0.260 e. The lowest BCUT2D eigenvalue weighted by Gasteiger charge is -2.33. The number of carbonyl (C=O) groups is 1. The Morgan fingerprint density at radius 2 is 2.14 bits per heavy atom. The van der Waals surface area contributed by atoms with E-state index in [9.17, 15) is 9.90 Å². The second kappa shape index (κ2) is 9.84. The van der Waals surface area contributed by atoms with E-state index in [0.29, 0.717) is 30.7 Å². The van der Waals surface area contributed by atoms with Crippen molar-refractivity contribution in [3.05, 3.63) is 51.9 Å². The van der Waals surface area contributed by atoms with Crippen molar-refractivity contribution in [2.75, 3.05) is 25.9 Å². The van der Waals surface area contributed by atoms with Gasteiger partial charge in [-0.05, 0) is 46.6 Å². The average Bonchev–Trinajstić information content (AvgIpc) is 3.19. The van der Waals surface area contributed by atoms with Crippen molar-refractivity contribution in [2.45, 2.75) is 58.3 Å². The molecular weight excluding hydrogens is 489 g/mol. The van der Waals surface area contributed by atoms with Crippen LogP contribution in [-0.4, -0.2) is 62.7 Å². The second-order valence-electron chi connectivity index (χ2n) is 9.47. The van der Waals surface area contributed by atoms with Crippen molar-refractivity contribution < 1.29 is 23.8 Å². The number of carbonyl (C=O) groups excluding carboxylic acids is 1. The number of likely N-dealkylation sites (tertiary alicyclic amines) is 1. The number of rotatable bonds is 6. The SMILES string of the molecule is CO[C@H]1CCCN(C(=O)c2c(F)c(Cl)cc([C@](C)(O)c3nc(C)c4c(N)nccn34)c2OC(C)C)C1. The van der Waals surface area contributed by atoms with Gasteiger partial charge in [0.1, 0.15) is 34.1 Å². The van der Waals surface area contributed by atoms with Crippen molar-refractivity contribution in [1.82, 2.24) is 19.3 Å². The average molecular weight is 520 g/mol. The molecule has 1 aliphatic rings. The van der Waals surface area contributed by atoms with Crippen molar-refractivity contribution in [3.8, 4) is 5.75 Å². The molecule has 1 aromatic carbocycles. The Labute approximate surface area is 214 Å². The molecule has 9 nitrogen and oxygen atoms in total. The van der Waals surface area contributed by atoms with E-state index in [1.165, 1.54) is 24.1 Å². The summed E-state index contributed by atoms with van der Waals surface area (Å²) in [7, 11) is 1.58. The Morgan fingerprint density at radius 1 is 1.42 bits per heavy atom. The van der Waals surface area contributed by atoms with Gasteiger partial charge in [-0.25, -0.2) is 14.4 Å². The summed E-state index contributed by atoms with van der Waals surface area (Å²) in [5, 5.41) is 11.6. The standard InChI is InChI=1S/C25H31ClFN5O4/c1-13(2)36-21-16(25(4,34)24-30-14(3)20-22(28)29-8-10-32(20)24)11-17(26)19(27)18(21)23(33)31-9-6-7-15(12-31)35-5/h8,10-11,13,15,34H,6-7,9,12H2,1-5H3,(H2,28,29)/t15-,25-/m0/s1. The Hall–Kier alpha value is -2.95. The maximum atomic E-state index is 15.6. The minimum absolute atomic E-state index is 0.0853. The Kier molecular flexibility index (Phi) is 7.14. The quantitative estimate of drug-likeness (QED) is 0.510. The number of nitrogen functional groups attached to an aromatic ring is 1. The van der Waals surface area contributed by atoms with E-state index < -0.39 is 23.4 Å². The molecule has 36 heavy (non-hydrogen) atoms. The Bertz CT molecular complexity index is 1310. The van der Waals surface area contributed by atoms with E-state index in [0.717, 1.165) is 6.42 Å². The molecule has 0 radical (unpaired) electrons. The number of fused-ring (bicyclic) bond motifs is 1. The number of anilines is 1. The molecule has 2 atom stereocenters. The third-order valence-electron chi connectivity index (χ3n) is 6.46. The largest absolute Gasteiger partial charge is 0.490 e. The number of imidazole rings is 1. The van der Waals surface area contributed by atoms with E-state index in [1.54, 1.807) is 38.5 Å². The number of piperidine rings is 1. The van der Waals surface area contributed by atoms with Gasteiger partial charge in [0, 0.05) is 38.2 Å². The minimum atomic E-state index is -1.85. The first-order valence-electron chi connectivity index (χ1n) is 11.8. The predicted molar refractivity (Wildman–Crippen MR) is 134 cm³/mol. The molecule has 11 heteroatoms. The number of methoxy groups -OCH3 is 1. The zero-order valence-corrected chi connectivity index (χ0v) is 21.8. The van der Waals surface area contributed by atoms with Crippen LogP contribution in [0.15, 0.2) is 18.5 Å². The number of hydrogen-bond acceptors (Lipinski definition) is 7. The van der Waals surface area contributed by atoms with Crippen LogP contribution < -0.4 is 10.5 Å². The van der Waals surface area contributed by atoms with Gasteiger partial charge in [0.2, 0.25) is 0 Å². The van der Waals surface area contributed by atoms with Gasteiger partial charge in [0.05, 0.1) is 22.9 Å². The van der Waals surface area contributed by atoms with Gasteiger partial charge < -0.3 is 25.2 Å². The van der Waals surface area contributed by atoms with Gasteiger partial charge in [0.15, 0.2) is 5.82 Å². The van der Waals surface area contributed by atoms with Crippen LogP contribution in [0.25, 0.3) is 5.52 Å². The fourth-order valence-electron chi connectivity index (χ4n) is 4.70.